The Bertz CT molecular complexity index is 540. The van der Waals surface area contributed by atoms with Crippen molar-refractivity contribution in [3.63, 3.8) is 0 Å². The molecule has 0 bridgehead atoms. The number of hydrogen-bond donors (Lipinski definition) is 0. The van der Waals surface area contributed by atoms with Gasteiger partial charge in [0.2, 0.25) is 11.8 Å². The summed E-state index contributed by atoms with van der Waals surface area (Å²) in [6, 6.07) is 7.22. The first-order valence-corrected chi connectivity index (χ1v) is 7.37. The van der Waals surface area contributed by atoms with Gasteiger partial charge in [-0.2, -0.15) is 0 Å². The highest BCUT2D eigenvalue weighted by atomic mass is 35.5. The topological polar surface area (TPSA) is 40.6 Å². The molecule has 5 heteroatoms. The first-order valence-electron chi connectivity index (χ1n) is 7.00. The molecule has 0 aliphatic carbocycles. The predicted octanol–water partition coefficient (Wildman–Crippen LogP) is 2.32. The maximum absolute atomic E-state index is 12.4. The van der Waals surface area contributed by atoms with E-state index in [4.69, 9.17) is 11.6 Å². The maximum atomic E-state index is 12.4. The fourth-order valence-electron chi connectivity index (χ4n) is 2.96. The number of rotatable bonds is 2. The number of nitrogens with zero attached hydrogens (tertiary/aromatic N) is 2. The number of carbonyl (C=O) groups excluding carboxylic acids is 2. The zero-order chi connectivity index (χ0) is 14.1. The Kier molecular flexibility index (Phi) is 3.66. The molecule has 4 nitrogen and oxygen atoms in total. The van der Waals surface area contributed by atoms with E-state index in [1.165, 1.54) is 0 Å². The van der Waals surface area contributed by atoms with Crippen LogP contribution >= 0.6 is 11.6 Å². The van der Waals surface area contributed by atoms with E-state index in [1.807, 2.05) is 17.0 Å². The number of benzene rings is 1. The number of carbonyl (C=O) groups is 2. The lowest BCUT2D eigenvalue weighted by molar-refractivity contribution is -0.134. The van der Waals surface area contributed by atoms with Crippen LogP contribution in [0.25, 0.3) is 0 Å². The summed E-state index contributed by atoms with van der Waals surface area (Å²) in [5.74, 6) is -0.0789. The summed E-state index contributed by atoms with van der Waals surface area (Å²) >= 11 is 5.96. The molecule has 2 aliphatic rings. The van der Waals surface area contributed by atoms with Crippen molar-refractivity contribution in [2.45, 2.75) is 19.3 Å². The van der Waals surface area contributed by atoms with Gasteiger partial charge in [0.25, 0.3) is 0 Å². The van der Waals surface area contributed by atoms with Crippen molar-refractivity contribution < 1.29 is 9.59 Å². The largest absolute Gasteiger partial charge is 0.342 e. The predicted molar refractivity (Wildman–Crippen MR) is 77.7 cm³/mol. The molecule has 2 heterocycles. The van der Waals surface area contributed by atoms with Crippen molar-refractivity contribution in [1.29, 1.82) is 0 Å². The number of likely N-dealkylation sites (tertiary alicyclic amines) is 1. The van der Waals surface area contributed by atoms with Crippen molar-refractivity contribution in [2.75, 3.05) is 24.5 Å². The second-order valence-electron chi connectivity index (χ2n) is 5.42. The fourth-order valence-corrected chi connectivity index (χ4v) is 3.15. The minimum Gasteiger partial charge on any atom is -0.342 e. The molecule has 2 fully saturated rings. The van der Waals surface area contributed by atoms with E-state index in [9.17, 15) is 9.59 Å². The Balaban J connectivity index is 1.73. The van der Waals surface area contributed by atoms with Crippen molar-refractivity contribution >= 4 is 29.1 Å². The minimum atomic E-state index is -0.209. The summed E-state index contributed by atoms with van der Waals surface area (Å²) in [7, 11) is 0. The van der Waals surface area contributed by atoms with Crippen molar-refractivity contribution in [2.24, 2.45) is 5.92 Å². The van der Waals surface area contributed by atoms with Crippen LogP contribution in [0.15, 0.2) is 24.3 Å². The molecule has 0 aromatic heterocycles. The second kappa shape index (κ2) is 5.44. The van der Waals surface area contributed by atoms with Gasteiger partial charge < -0.3 is 9.80 Å². The third kappa shape index (κ3) is 2.52. The summed E-state index contributed by atoms with van der Waals surface area (Å²) in [6.07, 6.45) is 2.46. The fraction of sp³-hybridized carbons (Fsp3) is 0.467. The molecule has 0 N–H and O–H groups in total. The quantitative estimate of drug-likeness (QED) is 0.839. The van der Waals surface area contributed by atoms with Crippen LogP contribution in [0.2, 0.25) is 5.02 Å². The molecule has 2 aliphatic heterocycles. The van der Waals surface area contributed by atoms with Crippen LogP contribution in [0.4, 0.5) is 5.69 Å². The molecule has 1 aromatic carbocycles. The van der Waals surface area contributed by atoms with Gasteiger partial charge in [-0.1, -0.05) is 17.7 Å². The lowest BCUT2D eigenvalue weighted by atomic mass is 10.1. The molecule has 20 heavy (non-hydrogen) atoms. The standard InChI is InChI=1S/C15H17ClN2O2/c16-12-4-3-5-13(9-12)18-10-11(8-14(18)19)15(20)17-6-1-2-7-17/h3-5,9,11H,1-2,6-8,10H2/t11-/m1/s1. The number of anilines is 1. The summed E-state index contributed by atoms with van der Waals surface area (Å²) in [5, 5.41) is 0.601. The SMILES string of the molecule is O=C([C@@H]1CC(=O)N(c2cccc(Cl)c2)C1)N1CCCC1. The summed E-state index contributed by atoms with van der Waals surface area (Å²) in [6.45, 7) is 2.13. The van der Waals surface area contributed by atoms with Crippen molar-refractivity contribution in [1.82, 2.24) is 4.90 Å². The summed E-state index contributed by atoms with van der Waals surface area (Å²) in [5.41, 5.74) is 0.777. The van der Waals surface area contributed by atoms with Crippen molar-refractivity contribution in [3.05, 3.63) is 29.3 Å². The molecule has 2 saturated heterocycles. The maximum Gasteiger partial charge on any atom is 0.228 e. The Labute approximate surface area is 123 Å². The lowest BCUT2D eigenvalue weighted by Gasteiger charge is -2.20. The number of halogens is 1. The van der Waals surface area contributed by atoms with Crippen LogP contribution in [-0.4, -0.2) is 36.3 Å². The molecule has 1 aromatic rings. The van der Waals surface area contributed by atoms with Gasteiger partial charge in [-0.25, -0.2) is 0 Å². The molecule has 2 amide bonds. The zero-order valence-corrected chi connectivity index (χ0v) is 12.0. The monoisotopic (exact) mass is 292 g/mol. The Morgan fingerprint density at radius 3 is 2.70 bits per heavy atom. The molecule has 1 atom stereocenters. The van der Waals surface area contributed by atoms with E-state index in [2.05, 4.69) is 0 Å². The Morgan fingerprint density at radius 1 is 1.25 bits per heavy atom. The lowest BCUT2D eigenvalue weighted by Crippen LogP contribution is -2.35. The van der Waals surface area contributed by atoms with Crippen LogP contribution in [0, 0.1) is 5.92 Å². The van der Waals surface area contributed by atoms with Gasteiger partial charge >= 0.3 is 0 Å². The molecule has 0 spiro atoms. The van der Waals surface area contributed by atoms with Gasteiger partial charge in [-0.15, -0.1) is 0 Å². The van der Waals surface area contributed by atoms with E-state index >= 15 is 0 Å². The highest BCUT2D eigenvalue weighted by molar-refractivity contribution is 6.30. The van der Waals surface area contributed by atoms with Gasteiger partial charge in [0.05, 0.1) is 5.92 Å². The second-order valence-corrected chi connectivity index (χ2v) is 5.85. The molecular formula is C15H17ClN2O2. The number of hydrogen-bond acceptors (Lipinski definition) is 2. The summed E-state index contributed by atoms with van der Waals surface area (Å²) in [4.78, 5) is 28.0. The van der Waals surface area contributed by atoms with E-state index in [0.29, 0.717) is 18.0 Å². The van der Waals surface area contributed by atoms with Crippen LogP contribution in [0.1, 0.15) is 19.3 Å². The molecule has 0 saturated carbocycles. The highest BCUT2D eigenvalue weighted by Gasteiger charge is 2.37. The van der Waals surface area contributed by atoms with E-state index < -0.39 is 0 Å². The normalized spacial score (nSPS) is 22.6. The van der Waals surface area contributed by atoms with Crippen molar-refractivity contribution in [3.8, 4) is 0 Å². The highest BCUT2D eigenvalue weighted by Crippen LogP contribution is 2.28. The molecule has 3 rings (SSSR count). The van der Waals surface area contributed by atoms with Crippen LogP contribution < -0.4 is 4.90 Å². The van der Waals surface area contributed by atoms with Gasteiger partial charge in [-0.3, -0.25) is 9.59 Å². The van der Waals surface area contributed by atoms with Crippen LogP contribution in [0.5, 0.6) is 0 Å². The molecule has 106 valence electrons. The average molecular weight is 293 g/mol. The third-order valence-corrected chi connectivity index (χ3v) is 4.25. The summed E-state index contributed by atoms with van der Waals surface area (Å²) < 4.78 is 0. The molecule has 0 unspecified atom stereocenters. The van der Waals surface area contributed by atoms with Gasteiger partial charge in [0.15, 0.2) is 0 Å². The van der Waals surface area contributed by atoms with E-state index in [1.54, 1.807) is 17.0 Å². The molecular weight excluding hydrogens is 276 g/mol. The third-order valence-electron chi connectivity index (χ3n) is 4.01. The van der Waals surface area contributed by atoms with E-state index in [-0.39, 0.29) is 17.7 Å². The van der Waals surface area contributed by atoms with E-state index in [0.717, 1.165) is 31.6 Å². The Hall–Kier alpha value is -1.55. The zero-order valence-electron chi connectivity index (χ0n) is 11.2. The number of amides is 2. The first kappa shape index (κ1) is 13.4. The van der Waals surface area contributed by atoms with Crippen LogP contribution in [-0.2, 0) is 9.59 Å². The first-order chi connectivity index (χ1) is 9.65. The van der Waals surface area contributed by atoms with Gasteiger partial charge in [-0.05, 0) is 31.0 Å². The minimum absolute atomic E-state index is 0.00446. The average Bonchev–Trinajstić information content (AvgIpc) is 3.07. The molecule has 0 radical (unpaired) electrons. The smallest absolute Gasteiger partial charge is 0.228 e. The van der Waals surface area contributed by atoms with Gasteiger partial charge in [0.1, 0.15) is 0 Å². The van der Waals surface area contributed by atoms with Crippen LogP contribution in [0.3, 0.4) is 0 Å². The Morgan fingerprint density at radius 2 is 2.00 bits per heavy atom. The van der Waals surface area contributed by atoms with Gasteiger partial charge in [0, 0.05) is 36.8 Å².